The number of halogens is 3. The van der Waals surface area contributed by atoms with E-state index in [1.807, 2.05) is 17.5 Å². The molecule has 0 unspecified atom stereocenters. The number of ether oxygens (including phenoxy) is 1. The van der Waals surface area contributed by atoms with Crippen LogP contribution in [0, 0.1) is 0 Å². The Bertz CT molecular complexity index is 2060. The summed E-state index contributed by atoms with van der Waals surface area (Å²) in [6.07, 6.45) is -3.14. The van der Waals surface area contributed by atoms with Crippen molar-refractivity contribution in [2.24, 2.45) is 4.99 Å². The molecule has 0 aliphatic carbocycles. The first-order valence-corrected chi connectivity index (χ1v) is 15.7. The summed E-state index contributed by atoms with van der Waals surface area (Å²) in [6, 6.07) is 15.6. The monoisotopic (exact) mass is 654 g/mol. The van der Waals surface area contributed by atoms with E-state index in [2.05, 4.69) is 15.0 Å². The highest BCUT2D eigenvalue weighted by Crippen LogP contribution is 2.35. The molecule has 44 heavy (non-hydrogen) atoms. The number of furan rings is 1. The quantitative estimate of drug-likeness (QED) is 0.155. The van der Waals surface area contributed by atoms with Crippen LogP contribution in [0.4, 0.5) is 13.2 Å². The minimum atomic E-state index is -4.67. The fourth-order valence-corrected chi connectivity index (χ4v) is 7.16. The standard InChI is InChI=1S/C30H21F3N4O4S3/c1-3-40-27(39)24-16(2)34-29-37(25(24)20-10-7-13-42-20)26(38)21(43-29)14-18-11-12-23(41-18)44-28-35-19(17-8-5-4-6-9-17)15-22(36-28)30(31,32)33/h4-15,25H,3H2,1-2H3/b21-14+/t25-/m0/s1. The number of alkyl halides is 3. The van der Waals surface area contributed by atoms with E-state index in [1.54, 1.807) is 56.3 Å². The highest BCUT2D eigenvalue weighted by Gasteiger charge is 2.35. The van der Waals surface area contributed by atoms with Gasteiger partial charge in [0.25, 0.3) is 5.56 Å². The molecule has 0 bridgehead atoms. The summed E-state index contributed by atoms with van der Waals surface area (Å²) in [5.41, 5.74) is -0.0514. The van der Waals surface area contributed by atoms with Crippen molar-refractivity contribution in [1.29, 1.82) is 0 Å². The Morgan fingerprint density at radius 1 is 1.14 bits per heavy atom. The van der Waals surface area contributed by atoms with Crippen LogP contribution in [-0.4, -0.2) is 27.1 Å². The molecule has 0 N–H and O–H groups in total. The van der Waals surface area contributed by atoms with Gasteiger partial charge in [0.1, 0.15) is 17.5 Å². The topological polar surface area (TPSA) is 99.6 Å². The van der Waals surface area contributed by atoms with E-state index in [-0.39, 0.29) is 28.1 Å². The van der Waals surface area contributed by atoms with Gasteiger partial charge in [-0.15, -0.1) is 11.3 Å². The van der Waals surface area contributed by atoms with Gasteiger partial charge >= 0.3 is 12.1 Å². The Hall–Kier alpha value is -4.27. The molecule has 224 valence electrons. The molecule has 6 rings (SSSR count). The van der Waals surface area contributed by atoms with Crippen molar-refractivity contribution in [2.75, 3.05) is 6.61 Å². The highest BCUT2D eigenvalue weighted by atomic mass is 32.2. The zero-order valence-corrected chi connectivity index (χ0v) is 25.4. The molecule has 0 saturated carbocycles. The summed E-state index contributed by atoms with van der Waals surface area (Å²) < 4.78 is 53.8. The van der Waals surface area contributed by atoms with Gasteiger partial charge in [0.15, 0.2) is 15.1 Å². The number of rotatable bonds is 7. The zero-order valence-electron chi connectivity index (χ0n) is 23.0. The number of carbonyl (C=O) groups is 1. The molecule has 1 aliphatic rings. The average Bonchev–Trinajstić information content (AvgIpc) is 3.74. The summed E-state index contributed by atoms with van der Waals surface area (Å²) in [5, 5.41) is 1.96. The van der Waals surface area contributed by atoms with E-state index in [1.165, 1.54) is 22.0 Å². The lowest BCUT2D eigenvalue weighted by Crippen LogP contribution is -2.39. The molecule has 1 aliphatic heterocycles. The normalized spacial score (nSPS) is 15.3. The number of benzene rings is 1. The number of nitrogens with zero attached hydrogens (tertiary/aromatic N) is 4. The van der Waals surface area contributed by atoms with Crippen molar-refractivity contribution in [2.45, 2.75) is 36.3 Å². The fourth-order valence-electron chi connectivity index (χ4n) is 4.57. The van der Waals surface area contributed by atoms with Gasteiger partial charge < -0.3 is 9.15 Å². The largest absolute Gasteiger partial charge is 0.463 e. The van der Waals surface area contributed by atoms with Gasteiger partial charge in [0, 0.05) is 16.5 Å². The van der Waals surface area contributed by atoms with Crippen LogP contribution < -0.4 is 14.9 Å². The lowest BCUT2D eigenvalue weighted by atomic mass is 10.0. The predicted molar refractivity (Wildman–Crippen MR) is 160 cm³/mol. The number of hydrogen-bond donors (Lipinski definition) is 0. The van der Waals surface area contributed by atoms with Gasteiger partial charge in [0.2, 0.25) is 0 Å². The Kier molecular flexibility index (Phi) is 8.14. The maximum Gasteiger partial charge on any atom is 0.433 e. The third-order valence-corrected chi connectivity index (χ3v) is 9.16. The number of aromatic nitrogens is 3. The van der Waals surface area contributed by atoms with Crippen LogP contribution in [-0.2, 0) is 15.7 Å². The van der Waals surface area contributed by atoms with Gasteiger partial charge in [0.05, 0.1) is 28.1 Å². The third kappa shape index (κ3) is 5.92. The molecule has 8 nitrogen and oxygen atoms in total. The predicted octanol–water partition coefficient (Wildman–Crippen LogP) is 6.08. The molecule has 0 saturated heterocycles. The molecule has 0 radical (unpaired) electrons. The van der Waals surface area contributed by atoms with Crippen molar-refractivity contribution >= 4 is 46.5 Å². The first-order chi connectivity index (χ1) is 21.1. The second kappa shape index (κ2) is 12.0. The summed E-state index contributed by atoms with van der Waals surface area (Å²) in [7, 11) is 0. The van der Waals surface area contributed by atoms with Crippen molar-refractivity contribution in [1.82, 2.24) is 14.5 Å². The van der Waals surface area contributed by atoms with Crippen LogP contribution in [0.3, 0.4) is 0 Å². The Labute approximate surface area is 259 Å². The number of hydrogen-bond acceptors (Lipinski definition) is 10. The van der Waals surface area contributed by atoms with Crippen molar-refractivity contribution < 1.29 is 27.1 Å². The number of esters is 1. The minimum absolute atomic E-state index is 0.126. The zero-order chi connectivity index (χ0) is 31.0. The van der Waals surface area contributed by atoms with Crippen LogP contribution in [0.2, 0.25) is 0 Å². The van der Waals surface area contributed by atoms with E-state index in [0.29, 0.717) is 31.9 Å². The molecule has 1 aromatic carbocycles. The van der Waals surface area contributed by atoms with Gasteiger partial charge in [-0.05, 0) is 55.3 Å². The van der Waals surface area contributed by atoms with Crippen LogP contribution >= 0.6 is 34.4 Å². The molecule has 5 heterocycles. The van der Waals surface area contributed by atoms with E-state index < -0.39 is 23.9 Å². The molecule has 0 spiro atoms. The Morgan fingerprint density at radius 2 is 1.93 bits per heavy atom. The van der Waals surface area contributed by atoms with Gasteiger partial charge in [-0.1, -0.05) is 47.7 Å². The summed E-state index contributed by atoms with van der Waals surface area (Å²) in [5.74, 6) is -0.247. The molecular weight excluding hydrogens is 634 g/mol. The highest BCUT2D eigenvalue weighted by molar-refractivity contribution is 7.99. The van der Waals surface area contributed by atoms with Crippen LogP contribution in [0.1, 0.15) is 36.2 Å². The fraction of sp³-hybridized carbons (Fsp3) is 0.167. The number of carbonyl (C=O) groups excluding carboxylic acids is 1. The first-order valence-electron chi connectivity index (χ1n) is 13.1. The number of thiophene rings is 1. The average molecular weight is 655 g/mol. The molecule has 4 aromatic heterocycles. The molecule has 5 aromatic rings. The maximum atomic E-state index is 13.7. The first kappa shape index (κ1) is 29.8. The van der Waals surface area contributed by atoms with E-state index in [0.717, 1.165) is 34.0 Å². The Morgan fingerprint density at radius 3 is 2.64 bits per heavy atom. The van der Waals surface area contributed by atoms with Crippen LogP contribution in [0.25, 0.3) is 17.3 Å². The molecular formula is C30H21F3N4O4S3. The molecule has 0 fully saturated rings. The van der Waals surface area contributed by atoms with Crippen molar-refractivity contribution in [3.8, 4) is 11.3 Å². The molecule has 0 amide bonds. The van der Waals surface area contributed by atoms with E-state index in [9.17, 15) is 22.8 Å². The van der Waals surface area contributed by atoms with Gasteiger partial charge in [-0.2, -0.15) is 13.2 Å². The second-order valence-corrected chi connectivity index (χ2v) is 12.3. The van der Waals surface area contributed by atoms with Crippen molar-refractivity contribution in [3.63, 3.8) is 0 Å². The minimum Gasteiger partial charge on any atom is -0.463 e. The SMILES string of the molecule is CCOC(=O)C1=C(C)N=c2s/c(=C/c3ccc(Sc4nc(-c5ccccc5)cc(C(F)(F)F)n4)o3)c(=O)n2[C@H]1c1cccs1. The van der Waals surface area contributed by atoms with Crippen molar-refractivity contribution in [3.05, 3.63) is 113 Å². The molecule has 14 heteroatoms. The summed E-state index contributed by atoms with van der Waals surface area (Å²) in [4.78, 5) is 40.4. The van der Waals surface area contributed by atoms with Gasteiger partial charge in [-0.3, -0.25) is 9.36 Å². The molecule has 1 atom stereocenters. The summed E-state index contributed by atoms with van der Waals surface area (Å²) in [6.45, 7) is 3.59. The third-order valence-electron chi connectivity index (χ3n) is 6.46. The van der Waals surface area contributed by atoms with Gasteiger partial charge in [-0.25, -0.2) is 19.8 Å². The number of thiazole rings is 1. The number of fused-ring (bicyclic) bond motifs is 1. The lowest BCUT2D eigenvalue weighted by molar-refractivity contribution is -0.141. The smallest absolute Gasteiger partial charge is 0.433 e. The van der Waals surface area contributed by atoms with E-state index in [4.69, 9.17) is 9.15 Å². The lowest BCUT2D eigenvalue weighted by Gasteiger charge is -2.23. The van der Waals surface area contributed by atoms with E-state index >= 15 is 0 Å². The maximum absolute atomic E-state index is 13.7. The number of allylic oxidation sites excluding steroid dienone is 1. The Balaban J connectivity index is 1.35. The van der Waals surface area contributed by atoms with Crippen LogP contribution in [0.5, 0.6) is 0 Å². The second-order valence-electron chi connectivity index (χ2n) is 9.36. The van der Waals surface area contributed by atoms with Crippen LogP contribution in [0.15, 0.2) is 102 Å². The summed E-state index contributed by atoms with van der Waals surface area (Å²) >= 11 is 3.38.